The highest BCUT2D eigenvalue weighted by Crippen LogP contribution is 2.28. The maximum atomic E-state index is 13.6. The molecule has 2 fully saturated rings. The molecule has 224 valence electrons. The zero-order chi connectivity index (χ0) is 29.2. The Balaban J connectivity index is 1.42. The smallest absolute Gasteiger partial charge is 0.247 e. The number of ether oxygens (including phenoxy) is 1. The second-order valence-electron chi connectivity index (χ2n) is 11.0. The number of halogens is 1. The van der Waals surface area contributed by atoms with Crippen LogP contribution in [0.1, 0.15) is 56.9 Å². The first-order valence-electron chi connectivity index (χ1n) is 14.7. The average molecular weight is 604 g/mol. The molecule has 1 aliphatic heterocycles. The zero-order valence-electron chi connectivity index (χ0n) is 23.9. The van der Waals surface area contributed by atoms with Crippen molar-refractivity contribution in [1.82, 2.24) is 25.8 Å². The predicted octanol–water partition coefficient (Wildman–Crippen LogP) is 3.85. The number of benzene rings is 1. The molecule has 0 radical (unpaired) electrons. The number of rotatable bonds is 13. The van der Waals surface area contributed by atoms with Crippen molar-refractivity contribution in [1.29, 1.82) is 0 Å². The molecule has 0 bridgehead atoms. The van der Waals surface area contributed by atoms with Gasteiger partial charge < -0.3 is 20.7 Å². The number of thiazole rings is 1. The second kappa shape index (κ2) is 15.6. The number of carbonyl (C=O) groups excluding carboxylic acids is 3. The molecule has 2 aromatic rings. The topological polar surface area (TPSA) is 113 Å². The van der Waals surface area contributed by atoms with Gasteiger partial charge in [-0.1, -0.05) is 57.2 Å². The van der Waals surface area contributed by atoms with E-state index < -0.39 is 6.04 Å². The third-order valence-corrected chi connectivity index (χ3v) is 9.06. The molecule has 1 aliphatic carbocycles. The highest BCUT2D eigenvalue weighted by atomic mass is 35.5. The van der Waals surface area contributed by atoms with Crippen LogP contribution in [0.2, 0.25) is 5.02 Å². The second-order valence-corrected chi connectivity index (χ2v) is 12.6. The number of hydrogen-bond donors (Lipinski definition) is 3. The van der Waals surface area contributed by atoms with Gasteiger partial charge in [0.25, 0.3) is 0 Å². The summed E-state index contributed by atoms with van der Waals surface area (Å²) in [5.41, 5.74) is 1.31. The highest BCUT2D eigenvalue weighted by molar-refractivity contribution is 7.18. The van der Waals surface area contributed by atoms with Gasteiger partial charge >= 0.3 is 0 Å². The van der Waals surface area contributed by atoms with E-state index in [9.17, 15) is 14.4 Å². The summed E-state index contributed by atoms with van der Waals surface area (Å²) in [4.78, 5) is 45.8. The van der Waals surface area contributed by atoms with Crippen LogP contribution in [0.5, 0.6) is 0 Å². The molecule has 41 heavy (non-hydrogen) atoms. The monoisotopic (exact) mass is 603 g/mol. The minimum absolute atomic E-state index is 0.203. The molecule has 2 heterocycles. The minimum atomic E-state index is -0.778. The van der Waals surface area contributed by atoms with Gasteiger partial charge in [-0.15, -0.1) is 11.3 Å². The Kier molecular flexibility index (Phi) is 12.0. The van der Waals surface area contributed by atoms with Crippen molar-refractivity contribution in [3.8, 4) is 0 Å². The van der Waals surface area contributed by atoms with E-state index in [4.69, 9.17) is 16.3 Å². The summed E-state index contributed by atoms with van der Waals surface area (Å²) in [5, 5.41) is 10.4. The van der Waals surface area contributed by atoms with Crippen molar-refractivity contribution < 1.29 is 19.1 Å². The van der Waals surface area contributed by atoms with Crippen LogP contribution in [-0.2, 0) is 25.5 Å². The Morgan fingerprint density at radius 3 is 2.66 bits per heavy atom. The lowest BCUT2D eigenvalue weighted by molar-refractivity contribution is -0.129. The molecule has 2 aliphatic rings. The largest absolute Gasteiger partial charge is 0.379 e. The van der Waals surface area contributed by atoms with Gasteiger partial charge in [0.1, 0.15) is 6.04 Å². The number of carbonyl (C=O) groups is 3. The lowest BCUT2D eigenvalue weighted by Gasteiger charge is -2.29. The Morgan fingerprint density at radius 2 is 1.93 bits per heavy atom. The predicted molar refractivity (Wildman–Crippen MR) is 163 cm³/mol. The van der Waals surface area contributed by atoms with Crippen LogP contribution in [0, 0.1) is 5.92 Å². The zero-order valence-corrected chi connectivity index (χ0v) is 25.5. The van der Waals surface area contributed by atoms with Crippen LogP contribution in [0.3, 0.4) is 0 Å². The quantitative estimate of drug-likeness (QED) is 0.300. The van der Waals surface area contributed by atoms with E-state index in [1.165, 1.54) is 30.6 Å². The fourth-order valence-electron chi connectivity index (χ4n) is 5.48. The third kappa shape index (κ3) is 9.77. The van der Waals surface area contributed by atoms with E-state index >= 15 is 0 Å². The number of nitrogens with one attached hydrogen (secondary N) is 3. The molecule has 1 saturated carbocycles. The van der Waals surface area contributed by atoms with Gasteiger partial charge in [-0.2, -0.15) is 0 Å². The third-order valence-electron chi connectivity index (χ3n) is 7.78. The normalized spacial score (nSPS) is 18.0. The van der Waals surface area contributed by atoms with E-state index in [-0.39, 0.29) is 36.6 Å². The first-order valence-corrected chi connectivity index (χ1v) is 15.9. The number of nitrogens with zero attached hydrogens (tertiary/aromatic N) is 2. The van der Waals surface area contributed by atoms with Crippen LogP contribution in [0.25, 0.3) is 10.2 Å². The number of aromatic nitrogens is 1. The molecule has 1 aromatic heterocycles. The van der Waals surface area contributed by atoms with E-state index in [2.05, 4.69) is 32.4 Å². The maximum absolute atomic E-state index is 13.6. The first-order chi connectivity index (χ1) is 19.8. The van der Waals surface area contributed by atoms with Crippen molar-refractivity contribution in [2.24, 2.45) is 5.92 Å². The summed E-state index contributed by atoms with van der Waals surface area (Å²) in [7, 11) is 0. The standard InChI is InChI=1S/C30H42ClN5O4S/c1-3-27(37)34-25(17-28-35-24-10-9-22(31)16-26(24)41-28)30(39)33-23(15-21-7-5-4-6-8-21)18-32-29(38)20(2)19-36-11-13-40-14-12-36/h9-10,16,21,23,25H,2-8,11-15,17-19H2,1H3,(H,32,38)(H,33,39)(H,34,37). The van der Waals surface area contributed by atoms with Gasteiger partial charge in [-0.3, -0.25) is 19.3 Å². The van der Waals surface area contributed by atoms with E-state index in [0.29, 0.717) is 42.8 Å². The molecule has 3 amide bonds. The molecular weight excluding hydrogens is 562 g/mol. The van der Waals surface area contributed by atoms with Crippen molar-refractivity contribution >= 4 is 50.9 Å². The van der Waals surface area contributed by atoms with Gasteiger partial charge in [0.15, 0.2) is 0 Å². The number of hydrogen-bond acceptors (Lipinski definition) is 7. The van der Waals surface area contributed by atoms with Gasteiger partial charge in [0.2, 0.25) is 17.7 Å². The van der Waals surface area contributed by atoms with Crippen molar-refractivity contribution in [3.05, 3.63) is 40.4 Å². The summed E-state index contributed by atoms with van der Waals surface area (Å²) in [6, 6.07) is 4.46. The van der Waals surface area contributed by atoms with E-state index in [0.717, 1.165) is 47.6 Å². The van der Waals surface area contributed by atoms with Crippen LogP contribution in [0.4, 0.5) is 0 Å². The van der Waals surface area contributed by atoms with Crippen molar-refractivity contribution in [2.45, 2.75) is 70.4 Å². The molecule has 0 spiro atoms. The van der Waals surface area contributed by atoms with Crippen LogP contribution in [-0.4, -0.2) is 79.1 Å². The molecule has 11 heteroatoms. The summed E-state index contributed by atoms with van der Waals surface area (Å²) in [5.74, 6) is -0.194. The highest BCUT2D eigenvalue weighted by Gasteiger charge is 2.27. The Labute approximate surface area is 251 Å². The number of morpholine rings is 1. The molecule has 1 aromatic carbocycles. The molecule has 3 N–H and O–H groups in total. The van der Waals surface area contributed by atoms with E-state index in [1.54, 1.807) is 13.0 Å². The van der Waals surface area contributed by atoms with Gasteiger partial charge in [-0.05, 0) is 30.5 Å². The van der Waals surface area contributed by atoms with Crippen molar-refractivity contribution in [2.75, 3.05) is 39.4 Å². The van der Waals surface area contributed by atoms with Crippen LogP contribution >= 0.6 is 22.9 Å². The minimum Gasteiger partial charge on any atom is -0.379 e. The fraction of sp³-hybridized carbons (Fsp3) is 0.600. The molecule has 9 nitrogen and oxygen atoms in total. The Morgan fingerprint density at radius 1 is 1.17 bits per heavy atom. The van der Waals surface area contributed by atoms with E-state index in [1.807, 2.05) is 12.1 Å². The van der Waals surface area contributed by atoms with Gasteiger partial charge in [0.05, 0.1) is 28.4 Å². The molecule has 4 rings (SSSR count). The summed E-state index contributed by atoms with van der Waals surface area (Å²) >= 11 is 7.61. The first kappa shape index (κ1) is 31.4. The molecule has 1 saturated heterocycles. The van der Waals surface area contributed by atoms with Gasteiger partial charge in [0, 0.05) is 55.7 Å². The lowest BCUT2D eigenvalue weighted by Crippen LogP contribution is -2.53. The van der Waals surface area contributed by atoms with Crippen molar-refractivity contribution in [3.63, 3.8) is 0 Å². The molecule has 2 unspecified atom stereocenters. The number of fused-ring (bicyclic) bond motifs is 1. The Bertz CT molecular complexity index is 1210. The fourth-order valence-corrected chi connectivity index (χ4v) is 6.76. The maximum Gasteiger partial charge on any atom is 0.247 e. The van der Waals surface area contributed by atoms with Gasteiger partial charge in [-0.25, -0.2) is 4.98 Å². The van der Waals surface area contributed by atoms with Crippen LogP contribution in [0.15, 0.2) is 30.4 Å². The van der Waals surface area contributed by atoms with Crippen LogP contribution < -0.4 is 16.0 Å². The molecule has 2 atom stereocenters. The summed E-state index contributed by atoms with van der Waals surface area (Å²) in [6.45, 7) is 9.43. The molecular formula is C30H42ClN5O4S. The Hall–Kier alpha value is -2.53. The lowest BCUT2D eigenvalue weighted by atomic mass is 9.84. The SMILES string of the molecule is C=C(CN1CCOCC1)C(=O)NCC(CC1CCCCC1)NC(=O)C(Cc1nc2ccc(Cl)cc2s1)NC(=O)CC. The number of amides is 3. The average Bonchev–Trinajstić information content (AvgIpc) is 3.37. The summed E-state index contributed by atoms with van der Waals surface area (Å²) < 4.78 is 6.32. The summed E-state index contributed by atoms with van der Waals surface area (Å²) in [6.07, 6.45) is 7.16.